The highest BCUT2D eigenvalue weighted by Crippen LogP contribution is 2.44. The molecular weight excluding hydrogens is 488 g/mol. The van der Waals surface area contributed by atoms with Crippen molar-refractivity contribution in [3.8, 4) is 22.3 Å². The van der Waals surface area contributed by atoms with E-state index in [9.17, 15) is 0 Å². The summed E-state index contributed by atoms with van der Waals surface area (Å²) in [6.45, 7) is 0. The molecule has 0 aliphatic carbocycles. The summed E-state index contributed by atoms with van der Waals surface area (Å²) in [7, 11) is 0. The monoisotopic (exact) mass is 510 g/mol. The van der Waals surface area contributed by atoms with Crippen LogP contribution in [0.2, 0.25) is 0 Å². The summed E-state index contributed by atoms with van der Waals surface area (Å²) in [6.07, 6.45) is 0. The van der Waals surface area contributed by atoms with Crippen molar-refractivity contribution in [3.63, 3.8) is 0 Å². The molecule has 0 nitrogen and oxygen atoms in total. The summed E-state index contributed by atoms with van der Waals surface area (Å²) in [4.78, 5) is 0. The van der Waals surface area contributed by atoms with E-state index in [-0.39, 0.29) is 0 Å². The Morgan fingerprint density at radius 1 is 0.333 bits per heavy atom. The first kappa shape index (κ1) is 21.2. The molecule has 9 rings (SSSR count). The van der Waals surface area contributed by atoms with Crippen LogP contribution >= 0.6 is 11.3 Å². The SMILES string of the molecule is c1ccc2c(c1)cc(-c1ccc3ccc(-c4ccc5sc6cccc7ccc4c5c76)cc3c1)c1ccccc12. The number of fused-ring (bicyclic) bond motifs is 4. The van der Waals surface area contributed by atoms with Gasteiger partial charge < -0.3 is 0 Å². The minimum atomic E-state index is 1.26. The Labute approximate surface area is 229 Å². The van der Waals surface area contributed by atoms with Crippen molar-refractivity contribution in [2.45, 2.75) is 0 Å². The summed E-state index contributed by atoms with van der Waals surface area (Å²) in [6, 6.07) is 49.5. The van der Waals surface area contributed by atoms with E-state index in [4.69, 9.17) is 0 Å². The second-order valence-electron chi connectivity index (χ2n) is 10.5. The van der Waals surface area contributed by atoms with Crippen LogP contribution in [0.1, 0.15) is 0 Å². The van der Waals surface area contributed by atoms with Gasteiger partial charge in [-0.05, 0) is 95.7 Å². The van der Waals surface area contributed by atoms with Crippen LogP contribution in [0.25, 0.3) is 85.5 Å². The zero-order valence-corrected chi connectivity index (χ0v) is 21.9. The van der Waals surface area contributed by atoms with Gasteiger partial charge in [0.05, 0.1) is 0 Å². The maximum absolute atomic E-state index is 2.37. The molecule has 0 spiro atoms. The van der Waals surface area contributed by atoms with Crippen LogP contribution < -0.4 is 0 Å². The van der Waals surface area contributed by atoms with Gasteiger partial charge in [-0.25, -0.2) is 0 Å². The van der Waals surface area contributed by atoms with E-state index in [2.05, 4.69) is 133 Å². The first-order chi connectivity index (χ1) is 19.3. The van der Waals surface area contributed by atoms with E-state index in [0.29, 0.717) is 0 Å². The average molecular weight is 511 g/mol. The summed E-state index contributed by atoms with van der Waals surface area (Å²) < 4.78 is 2.74. The third kappa shape index (κ3) is 3.05. The fourth-order valence-electron chi connectivity index (χ4n) is 6.57. The molecule has 8 aromatic carbocycles. The standard InChI is InChI=1S/C38H22S/c1-2-8-29-25(6-1)22-34(32-10-4-3-9-31(29)32)27-15-13-23-12-14-26(20-28(23)21-27)30-18-19-36-38-33(30)17-16-24-7-5-11-35(39-36)37(24)38/h1-22H. The molecule has 0 amide bonds. The van der Waals surface area contributed by atoms with Gasteiger partial charge in [0.25, 0.3) is 0 Å². The Bertz CT molecular complexity index is 2390. The highest BCUT2D eigenvalue weighted by molar-refractivity contribution is 7.26. The van der Waals surface area contributed by atoms with Gasteiger partial charge in [0, 0.05) is 20.2 Å². The van der Waals surface area contributed by atoms with Crippen molar-refractivity contribution in [2.24, 2.45) is 0 Å². The van der Waals surface area contributed by atoms with Gasteiger partial charge in [-0.3, -0.25) is 0 Å². The molecule has 9 aromatic rings. The van der Waals surface area contributed by atoms with Crippen molar-refractivity contribution in [1.82, 2.24) is 0 Å². The molecule has 0 fully saturated rings. The van der Waals surface area contributed by atoms with E-state index in [0.717, 1.165) is 0 Å². The fourth-order valence-corrected chi connectivity index (χ4v) is 7.73. The predicted molar refractivity (Wildman–Crippen MR) is 171 cm³/mol. The van der Waals surface area contributed by atoms with Gasteiger partial charge in [0.15, 0.2) is 0 Å². The number of rotatable bonds is 2. The van der Waals surface area contributed by atoms with Gasteiger partial charge >= 0.3 is 0 Å². The Kier molecular flexibility index (Phi) is 4.30. The van der Waals surface area contributed by atoms with Crippen LogP contribution in [0.5, 0.6) is 0 Å². The van der Waals surface area contributed by atoms with Crippen molar-refractivity contribution < 1.29 is 0 Å². The Morgan fingerprint density at radius 3 is 1.90 bits per heavy atom. The van der Waals surface area contributed by atoms with E-state index in [1.807, 2.05) is 11.3 Å². The van der Waals surface area contributed by atoms with Crippen LogP contribution in [-0.2, 0) is 0 Å². The van der Waals surface area contributed by atoms with E-state index >= 15 is 0 Å². The van der Waals surface area contributed by atoms with E-state index < -0.39 is 0 Å². The first-order valence-corrected chi connectivity index (χ1v) is 14.2. The lowest BCUT2D eigenvalue weighted by atomic mass is 9.91. The summed E-state index contributed by atoms with van der Waals surface area (Å²) >= 11 is 1.90. The molecule has 1 heterocycles. The number of hydrogen-bond donors (Lipinski definition) is 0. The molecule has 0 saturated heterocycles. The van der Waals surface area contributed by atoms with Crippen LogP contribution in [0.15, 0.2) is 133 Å². The lowest BCUT2D eigenvalue weighted by Crippen LogP contribution is -1.86. The normalized spacial score (nSPS) is 12.1. The van der Waals surface area contributed by atoms with Crippen molar-refractivity contribution in [1.29, 1.82) is 0 Å². The molecule has 0 saturated carbocycles. The second kappa shape index (κ2) is 7.89. The third-order valence-corrected chi connectivity index (χ3v) is 9.52. The average Bonchev–Trinajstić information content (AvgIpc) is 3.39. The van der Waals surface area contributed by atoms with Crippen LogP contribution in [0, 0.1) is 0 Å². The minimum absolute atomic E-state index is 1.26. The van der Waals surface area contributed by atoms with E-state index in [1.54, 1.807) is 0 Å². The molecule has 0 N–H and O–H groups in total. The minimum Gasteiger partial charge on any atom is -0.135 e. The van der Waals surface area contributed by atoms with Crippen molar-refractivity contribution in [2.75, 3.05) is 0 Å². The van der Waals surface area contributed by atoms with Crippen LogP contribution in [-0.4, -0.2) is 0 Å². The highest BCUT2D eigenvalue weighted by Gasteiger charge is 2.15. The first-order valence-electron chi connectivity index (χ1n) is 13.4. The third-order valence-electron chi connectivity index (χ3n) is 8.40. The molecule has 0 atom stereocenters. The smallest absolute Gasteiger partial charge is 0.0362 e. The molecule has 39 heavy (non-hydrogen) atoms. The van der Waals surface area contributed by atoms with Crippen LogP contribution in [0.3, 0.4) is 0 Å². The topological polar surface area (TPSA) is 0 Å². The fraction of sp³-hybridized carbons (Fsp3) is 0. The van der Waals surface area contributed by atoms with Gasteiger partial charge in [0.2, 0.25) is 0 Å². The zero-order chi connectivity index (χ0) is 25.5. The number of thiophene rings is 1. The summed E-state index contributed by atoms with van der Waals surface area (Å²) in [5.41, 5.74) is 5.11. The number of benzene rings is 8. The number of hydrogen-bond acceptors (Lipinski definition) is 1. The Hall–Kier alpha value is -4.72. The highest BCUT2D eigenvalue weighted by atomic mass is 32.1. The predicted octanol–water partition coefficient (Wildman–Crippen LogP) is 11.4. The molecule has 0 unspecified atom stereocenters. The lowest BCUT2D eigenvalue weighted by molar-refractivity contribution is 1.68. The Morgan fingerprint density at radius 2 is 1.03 bits per heavy atom. The maximum Gasteiger partial charge on any atom is 0.0362 e. The van der Waals surface area contributed by atoms with Gasteiger partial charge in [0.1, 0.15) is 0 Å². The van der Waals surface area contributed by atoms with Crippen LogP contribution in [0.4, 0.5) is 0 Å². The molecule has 0 aliphatic heterocycles. The molecule has 1 heteroatoms. The maximum atomic E-state index is 2.37. The van der Waals surface area contributed by atoms with E-state index in [1.165, 1.54) is 85.5 Å². The molecule has 180 valence electrons. The molecule has 0 radical (unpaired) electrons. The molecule has 1 aromatic heterocycles. The zero-order valence-electron chi connectivity index (χ0n) is 21.1. The van der Waals surface area contributed by atoms with Gasteiger partial charge in [-0.2, -0.15) is 0 Å². The van der Waals surface area contributed by atoms with Crippen molar-refractivity contribution >= 4 is 74.6 Å². The second-order valence-corrected chi connectivity index (χ2v) is 11.6. The summed E-state index contributed by atoms with van der Waals surface area (Å²) in [5, 5.41) is 13.2. The van der Waals surface area contributed by atoms with Gasteiger partial charge in [-0.15, -0.1) is 11.3 Å². The lowest BCUT2D eigenvalue weighted by Gasteiger charge is -2.13. The largest absolute Gasteiger partial charge is 0.135 e. The molecule has 0 aliphatic rings. The Balaban J connectivity index is 1.26. The quantitative estimate of drug-likeness (QED) is 0.203. The summed E-state index contributed by atoms with van der Waals surface area (Å²) in [5.74, 6) is 0. The molecular formula is C38H22S. The molecule has 0 bridgehead atoms. The van der Waals surface area contributed by atoms with Crippen molar-refractivity contribution in [3.05, 3.63) is 133 Å². The van der Waals surface area contributed by atoms with Gasteiger partial charge in [-0.1, -0.05) is 103 Å².